The van der Waals surface area contributed by atoms with Crippen molar-refractivity contribution in [3.8, 4) is 11.9 Å². The molecule has 1 fully saturated rings. The first-order valence-corrected chi connectivity index (χ1v) is 7.98. The molecule has 128 valence electrons. The van der Waals surface area contributed by atoms with E-state index in [0.29, 0.717) is 30.2 Å². The van der Waals surface area contributed by atoms with Crippen LogP contribution in [0, 0.1) is 17.1 Å². The zero-order chi connectivity index (χ0) is 17.6. The number of likely N-dealkylation sites (tertiary alicyclic amines) is 1. The van der Waals surface area contributed by atoms with Crippen molar-refractivity contribution in [2.75, 3.05) is 18.4 Å². The zero-order valence-electron chi connectivity index (χ0n) is 13.5. The van der Waals surface area contributed by atoms with Crippen LogP contribution in [0.5, 0.6) is 5.88 Å². The van der Waals surface area contributed by atoms with Gasteiger partial charge in [0.15, 0.2) is 0 Å². The number of amides is 2. The average molecular weight is 340 g/mol. The topological polar surface area (TPSA) is 78.2 Å². The number of hydrogen-bond acceptors (Lipinski definition) is 4. The second kappa shape index (κ2) is 7.62. The molecular formula is C18H17FN4O2. The number of nitrogens with one attached hydrogen (secondary N) is 1. The van der Waals surface area contributed by atoms with Crippen LogP contribution >= 0.6 is 0 Å². The quantitative estimate of drug-likeness (QED) is 0.931. The number of nitriles is 1. The highest BCUT2D eigenvalue weighted by molar-refractivity contribution is 5.89. The van der Waals surface area contributed by atoms with Crippen molar-refractivity contribution in [2.24, 2.45) is 0 Å². The zero-order valence-corrected chi connectivity index (χ0v) is 13.5. The molecule has 7 heteroatoms. The van der Waals surface area contributed by atoms with Crippen LogP contribution in [-0.4, -0.2) is 35.1 Å². The maximum Gasteiger partial charge on any atom is 0.321 e. The largest absolute Gasteiger partial charge is 0.472 e. The summed E-state index contributed by atoms with van der Waals surface area (Å²) in [6, 6.07) is 10.6. The Balaban J connectivity index is 1.59. The van der Waals surface area contributed by atoms with Crippen LogP contribution in [0.25, 0.3) is 0 Å². The minimum atomic E-state index is -0.350. The lowest BCUT2D eigenvalue weighted by Gasteiger charge is -2.32. The maximum absolute atomic E-state index is 12.9. The number of urea groups is 1. The van der Waals surface area contributed by atoms with Gasteiger partial charge in [0.05, 0.1) is 18.2 Å². The summed E-state index contributed by atoms with van der Waals surface area (Å²) in [7, 11) is 0. The van der Waals surface area contributed by atoms with Crippen LogP contribution in [0.2, 0.25) is 0 Å². The number of hydrogen-bond donors (Lipinski definition) is 1. The molecule has 0 saturated carbocycles. The van der Waals surface area contributed by atoms with Gasteiger partial charge in [0.2, 0.25) is 5.88 Å². The van der Waals surface area contributed by atoms with Crippen LogP contribution in [-0.2, 0) is 0 Å². The summed E-state index contributed by atoms with van der Waals surface area (Å²) in [5.74, 6) is 0.0291. The van der Waals surface area contributed by atoms with Crippen molar-refractivity contribution in [2.45, 2.75) is 18.9 Å². The highest BCUT2D eigenvalue weighted by Gasteiger charge is 2.25. The molecule has 2 heterocycles. The number of pyridine rings is 1. The van der Waals surface area contributed by atoms with E-state index in [0.717, 1.165) is 12.8 Å². The lowest BCUT2D eigenvalue weighted by molar-refractivity contribution is 0.102. The molecule has 2 amide bonds. The number of anilines is 1. The number of benzene rings is 1. The molecule has 6 nitrogen and oxygen atoms in total. The highest BCUT2D eigenvalue weighted by atomic mass is 19.1. The monoisotopic (exact) mass is 340 g/mol. The molecule has 0 aliphatic carbocycles. The number of carbonyl (C=O) groups excluding carboxylic acids is 1. The predicted octanol–water partition coefficient (Wildman–Crippen LogP) is 3.17. The van der Waals surface area contributed by atoms with Crippen molar-refractivity contribution in [1.82, 2.24) is 9.88 Å². The van der Waals surface area contributed by atoms with Gasteiger partial charge >= 0.3 is 6.03 Å². The summed E-state index contributed by atoms with van der Waals surface area (Å²) in [6.07, 6.45) is 2.95. The number of ether oxygens (including phenoxy) is 1. The molecule has 2 aromatic rings. The Morgan fingerprint density at radius 3 is 2.92 bits per heavy atom. The summed E-state index contributed by atoms with van der Waals surface area (Å²) >= 11 is 0. The standard InChI is InChI=1S/C18H17FN4O2/c19-14-3-5-15(6-4-14)22-18(24)23-9-1-2-16(12-23)25-17-10-13(11-20)7-8-21-17/h3-8,10,16H,1-2,9,12H2,(H,22,24)/t16-/m1/s1. The number of aromatic nitrogens is 1. The molecule has 0 radical (unpaired) electrons. The van der Waals surface area contributed by atoms with E-state index in [4.69, 9.17) is 10.00 Å². The Hall–Kier alpha value is -3.14. The maximum atomic E-state index is 12.9. The molecule has 1 N–H and O–H groups in total. The molecule has 3 rings (SSSR count). The van der Waals surface area contributed by atoms with Gasteiger partial charge in [-0.2, -0.15) is 5.26 Å². The lowest BCUT2D eigenvalue weighted by Crippen LogP contribution is -2.46. The molecule has 1 aliphatic heterocycles. The second-order valence-electron chi connectivity index (χ2n) is 5.76. The van der Waals surface area contributed by atoms with Crippen molar-refractivity contribution in [3.63, 3.8) is 0 Å². The Bertz CT molecular complexity index is 788. The van der Waals surface area contributed by atoms with Gasteiger partial charge in [0.1, 0.15) is 11.9 Å². The summed E-state index contributed by atoms with van der Waals surface area (Å²) in [5.41, 5.74) is 1.02. The van der Waals surface area contributed by atoms with Gasteiger partial charge in [-0.15, -0.1) is 0 Å². The van der Waals surface area contributed by atoms with E-state index in [-0.39, 0.29) is 18.0 Å². The normalized spacial score (nSPS) is 16.8. The SMILES string of the molecule is N#Cc1ccnc(O[C@@H]2CCCN(C(=O)Nc3ccc(F)cc3)C2)c1. The molecule has 25 heavy (non-hydrogen) atoms. The third-order valence-corrected chi connectivity index (χ3v) is 3.91. The van der Waals surface area contributed by atoms with E-state index in [1.807, 2.05) is 6.07 Å². The Morgan fingerprint density at radius 1 is 1.36 bits per heavy atom. The lowest BCUT2D eigenvalue weighted by atomic mass is 10.1. The van der Waals surface area contributed by atoms with Crippen LogP contribution in [0.1, 0.15) is 18.4 Å². The molecule has 1 aromatic carbocycles. The third-order valence-electron chi connectivity index (χ3n) is 3.91. The van der Waals surface area contributed by atoms with Gasteiger partial charge in [0, 0.05) is 24.5 Å². The highest BCUT2D eigenvalue weighted by Crippen LogP contribution is 2.18. The van der Waals surface area contributed by atoms with Crippen molar-refractivity contribution in [3.05, 3.63) is 54.0 Å². The third kappa shape index (κ3) is 4.44. The van der Waals surface area contributed by atoms with Crippen LogP contribution in [0.4, 0.5) is 14.9 Å². The summed E-state index contributed by atoms with van der Waals surface area (Å²) < 4.78 is 18.7. The van der Waals surface area contributed by atoms with E-state index in [1.54, 1.807) is 17.0 Å². The van der Waals surface area contributed by atoms with E-state index < -0.39 is 0 Å². The fraction of sp³-hybridized carbons (Fsp3) is 0.278. The molecule has 0 spiro atoms. The molecule has 0 unspecified atom stereocenters. The van der Waals surface area contributed by atoms with Crippen molar-refractivity contribution < 1.29 is 13.9 Å². The van der Waals surface area contributed by atoms with Gasteiger partial charge in [0.25, 0.3) is 0 Å². The van der Waals surface area contributed by atoms with E-state index in [1.165, 1.54) is 30.5 Å². The Labute approximate surface area is 144 Å². The fourth-order valence-corrected chi connectivity index (χ4v) is 2.67. The number of rotatable bonds is 3. The van der Waals surface area contributed by atoms with Gasteiger partial charge in [-0.25, -0.2) is 14.2 Å². The smallest absolute Gasteiger partial charge is 0.321 e. The minimum absolute atomic E-state index is 0.186. The van der Waals surface area contributed by atoms with Crippen LogP contribution in [0.15, 0.2) is 42.6 Å². The number of piperidine rings is 1. The van der Waals surface area contributed by atoms with Crippen molar-refractivity contribution in [1.29, 1.82) is 5.26 Å². The number of nitrogens with zero attached hydrogens (tertiary/aromatic N) is 3. The summed E-state index contributed by atoms with van der Waals surface area (Å²) in [4.78, 5) is 18.1. The Morgan fingerprint density at radius 2 is 2.16 bits per heavy atom. The van der Waals surface area contributed by atoms with Gasteiger partial charge in [-0.3, -0.25) is 0 Å². The first-order valence-electron chi connectivity index (χ1n) is 7.98. The van der Waals surface area contributed by atoms with E-state index >= 15 is 0 Å². The van der Waals surface area contributed by atoms with Crippen LogP contribution < -0.4 is 10.1 Å². The molecule has 0 bridgehead atoms. The first-order chi connectivity index (χ1) is 12.1. The first kappa shape index (κ1) is 16.7. The van der Waals surface area contributed by atoms with Gasteiger partial charge in [-0.1, -0.05) is 0 Å². The minimum Gasteiger partial charge on any atom is -0.472 e. The van der Waals surface area contributed by atoms with Gasteiger partial charge < -0.3 is 15.0 Å². The van der Waals surface area contributed by atoms with E-state index in [9.17, 15) is 9.18 Å². The fourth-order valence-electron chi connectivity index (χ4n) is 2.67. The van der Waals surface area contributed by atoms with E-state index in [2.05, 4.69) is 10.3 Å². The van der Waals surface area contributed by atoms with Gasteiger partial charge in [-0.05, 0) is 43.2 Å². The summed E-state index contributed by atoms with van der Waals surface area (Å²) in [6.45, 7) is 1.05. The number of carbonyl (C=O) groups is 1. The van der Waals surface area contributed by atoms with Crippen LogP contribution in [0.3, 0.4) is 0 Å². The number of halogens is 1. The molecule has 1 atom stereocenters. The van der Waals surface area contributed by atoms with Crippen molar-refractivity contribution >= 4 is 11.7 Å². The predicted molar refractivity (Wildman–Crippen MR) is 89.6 cm³/mol. The molecular weight excluding hydrogens is 323 g/mol. The summed E-state index contributed by atoms with van der Waals surface area (Å²) in [5, 5.41) is 11.7. The molecule has 1 aliphatic rings. The molecule has 1 saturated heterocycles. The molecule has 1 aromatic heterocycles. The average Bonchev–Trinajstić information content (AvgIpc) is 2.64. The Kier molecular flexibility index (Phi) is 5.09. The second-order valence-corrected chi connectivity index (χ2v) is 5.76.